The van der Waals surface area contributed by atoms with Crippen molar-refractivity contribution in [2.45, 2.75) is 45.3 Å². The van der Waals surface area contributed by atoms with Crippen molar-refractivity contribution in [2.75, 3.05) is 6.54 Å². The third-order valence-electron chi connectivity index (χ3n) is 3.74. The lowest BCUT2D eigenvalue weighted by molar-refractivity contribution is 0.173. The van der Waals surface area contributed by atoms with Crippen LogP contribution in [0.25, 0.3) is 0 Å². The van der Waals surface area contributed by atoms with Crippen LogP contribution < -0.4 is 10.6 Å². The van der Waals surface area contributed by atoms with Crippen molar-refractivity contribution in [1.29, 1.82) is 0 Å². The number of aromatic nitrogens is 1. The molecule has 1 aromatic carbocycles. The Morgan fingerprint density at radius 2 is 2.04 bits per heavy atom. The van der Waals surface area contributed by atoms with Crippen molar-refractivity contribution in [3.63, 3.8) is 0 Å². The Labute approximate surface area is 147 Å². The van der Waals surface area contributed by atoms with Gasteiger partial charge in [-0.25, -0.2) is 9.78 Å². The second-order valence-corrected chi connectivity index (χ2v) is 6.78. The molecule has 2 aromatic rings. The fourth-order valence-corrected chi connectivity index (χ4v) is 3.26. The highest BCUT2D eigenvalue weighted by Gasteiger charge is 2.15. The number of urea groups is 1. The van der Waals surface area contributed by atoms with Crippen molar-refractivity contribution in [3.8, 4) is 0 Å². The van der Waals surface area contributed by atoms with Gasteiger partial charge in [-0.1, -0.05) is 37.3 Å². The van der Waals surface area contributed by atoms with E-state index in [1.807, 2.05) is 35.7 Å². The molecule has 0 radical (unpaired) electrons. The number of aliphatic hydroxyl groups excluding tert-OH is 1. The van der Waals surface area contributed by atoms with Gasteiger partial charge < -0.3 is 15.7 Å². The number of benzene rings is 1. The summed E-state index contributed by atoms with van der Waals surface area (Å²) < 4.78 is 0. The number of amides is 2. The van der Waals surface area contributed by atoms with Gasteiger partial charge in [0.25, 0.3) is 0 Å². The zero-order valence-corrected chi connectivity index (χ0v) is 15.0. The Morgan fingerprint density at radius 3 is 2.67 bits per heavy atom. The first-order chi connectivity index (χ1) is 11.6. The van der Waals surface area contributed by atoms with Gasteiger partial charge in [-0.05, 0) is 25.3 Å². The zero-order valence-electron chi connectivity index (χ0n) is 14.2. The van der Waals surface area contributed by atoms with E-state index >= 15 is 0 Å². The first-order valence-electron chi connectivity index (χ1n) is 8.26. The number of rotatable bonds is 8. The van der Waals surface area contributed by atoms with E-state index in [1.165, 1.54) is 0 Å². The molecule has 2 unspecified atom stereocenters. The average Bonchev–Trinajstić information content (AvgIpc) is 3.05. The lowest BCUT2D eigenvalue weighted by atomic mass is 9.93. The van der Waals surface area contributed by atoms with Crippen LogP contribution in [0, 0.1) is 0 Å². The predicted octanol–water partition coefficient (Wildman–Crippen LogP) is 3.06. The van der Waals surface area contributed by atoms with E-state index in [1.54, 1.807) is 18.3 Å². The van der Waals surface area contributed by atoms with Gasteiger partial charge >= 0.3 is 6.03 Å². The highest BCUT2D eigenvalue weighted by atomic mass is 32.1. The Kier molecular flexibility index (Phi) is 7.21. The van der Waals surface area contributed by atoms with Gasteiger partial charge in [-0.15, -0.1) is 11.3 Å². The van der Waals surface area contributed by atoms with E-state index in [-0.39, 0.29) is 11.9 Å². The van der Waals surface area contributed by atoms with Crippen LogP contribution in [0.5, 0.6) is 0 Å². The Balaban J connectivity index is 1.83. The van der Waals surface area contributed by atoms with Gasteiger partial charge in [-0.2, -0.15) is 0 Å². The summed E-state index contributed by atoms with van der Waals surface area (Å²) in [6, 6.07) is 9.73. The Hall–Kier alpha value is -1.92. The molecule has 130 valence electrons. The van der Waals surface area contributed by atoms with E-state index in [4.69, 9.17) is 0 Å². The van der Waals surface area contributed by atoms with Crippen molar-refractivity contribution >= 4 is 17.4 Å². The fraction of sp³-hybridized carbons (Fsp3) is 0.444. The minimum atomic E-state index is -0.414. The highest BCUT2D eigenvalue weighted by molar-refractivity contribution is 7.09. The lowest BCUT2D eigenvalue weighted by Gasteiger charge is -2.19. The molecule has 3 N–H and O–H groups in total. The summed E-state index contributed by atoms with van der Waals surface area (Å²) in [7, 11) is 0. The molecule has 6 heteroatoms. The van der Waals surface area contributed by atoms with Crippen LogP contribution in [0.4, 0.5) is 4.79 Å². The number of nitrogens with one attached hydrogen (secondary N) is 2. The van der Waals surface area contributed by atoms with E-state index in [0.717, 1.165) is 22.7 Å². The van der Waals surface area contributed by atoms with Crippen molar-refractivity contribution in [3.05, 3.63) is 52.0 Å². The van der Waals surface area contributed by atoms with Crippen molar-refractivity contribution in [2.24, 2.45) is 0 Å². The molecule has 0 saturated carbocycles. The van der Waals surface area contributed by atoms with Gasteiger partial charge in [-0.3, -0.25) is 0 Å². The van der Waals surface area contributed by atoms with Crippen LogP contribution in [0.3, 0.4) is 0 Å². The molecule has 24 heavy (non-hydrogen) atoms. The standard InChI is InChI=1S/C18H25N3O2S/c1-3-17-21-16(12-24-17)11-20-18(23)19-10-15(9-13(2)22)14-7-5-4-6-8-14/h4-8,12-13,15,22H,3,9-11H2,1-2H3,(H2,19,20,23). The number of nitrogens with zero attached hydrogens (tertiary/aromatic N) is 1. The van der Waals surface area contributed by atoms with Crippen LogP contribution >= 0.6 is 11.3 Å². The first kappa shape index (κ1) is 18.4. The SMILES string of the molecule is CCc1nc(CNC(=O)NCC(CC(C)O)c2ccccc2)cs1. The molecule has 0 aliphatic rings. The maximum absolute atomic E-state index is 12.0. The van der Waals surface area contributed by atoms with Crippen molar-refractivity contribution < 1.29 is 9.90 Å². The van der Waals surface area contributed by atoms with Crippen LogP contribution in [0.2, 0.25) is 0 Å². The first-order valence-corrected chi connectivity index (χ1v) is 9.14. The normalized spacial score (nSPS) is 13.3. The maximum atomic E-state index is 12.0. The Bertz CT molecular complexity index is 628. The molecular formula is C18H25N3O2S. The largest absolute Gasteiger partial charge is 0.393 e. The number of thiazole rings is 1. The van der Waals surface area contributed by atoms with E-state index in [0.29, 0.717) is 19.5 Å². The van der Waals surface area contributed by atoms with E-state index in [2.05, 4.69) is 22.5 Å². The number of carbonyl (C=O) groups excluding carboxylic acids is 1. The average molecular weight is 347 g/mol. The minimum Gasteiger partial charge on any atom is -0.393 e. The van der Waals surface area contributed by atoms with Crippen LogP contribution in [0.1, 0.15) is 42.5 Å². The third-order valence-corrected chi connectivity index (χ3v) is 4.78. The van der Waals surface area contributed by atoms with Gasteiger partial charge in [0, 0.05) is 17.8 Å². The molecule has 5 nitrogen and oxygen atoms in total. The molecule has 2 atom stereocenters. The fourth-order valence-electron chi connectivity index (χ4n) is 2.52. The topological polar surface area (TPSA) is 74.2 Å². The third kappa shape index (κ3) is 5.94. The number of hydrogen-bond donors (Lipinski definition) is 3. The molecular weight excluding hydrogens is 322 g/mol. The smallest absolute Gasteiger partial charge is 0.315 e. The summed E-state index contributed by atoms with van der Waals surface area (Å²) >= 11 is 1.61. The molecule has 0 spiro atoms. The van der Waals surface area contributed by atoms with Gasteiger partial charge in [0.2, 0.25) is 0 Å². The molecule has 2 rings (SSSR count). The summed E-state index contributed by atoms with van der Waals surface area (Å²) in [6.07, 6.45) is 1.10. The molecule has 0 saturated heterocycles. The molecule has 1 aromatic heterocycles. The van der Waals surface area contributed by atoms with Gasteiger partial charge in [0.15, 0.2) is 0 Å². The van der Waals surface area contributed by atoms with Crippen molar-refractivity contribution in [1.82, 2.24) is 15.6 Å². The predicted molar refractivity (Wildman–Crippen MR) is 97.2 cm³/mol. The number of aryl methyl sites for hydroxylation is 1. The molecule has 1 heterocycles. The van der Waals surface area contributed by atoms with E-state index < -0.39 is 6.10 Å². The molecule has 2 amide bonds. The quantitative estimate of drug-likeness (QED) is 0.687. The van der Waals surface area contributed by atoms with E-state index in [9.17, 15) is 9.90 Å². The zero-order chi connectivity index (χ0) is 17.4. The number of carbonyl (C=O) groups is 1. The van der Waals surface area contributed by atoms with Gasteiger partial charge in [0.1, 0.15) is 0 Å². The maximum Gasteiger partial charge on any atom is 0.315 e. The summed E-state index contributed by atoms with van der Waals surface area (Å²) in [4.78, 5) is 16.4. The highest BCUT2D eigenvalue weighted by Crippen LogP contribution is 2.20. The van der Waals surface area contributed by atoms with Gasteiger partial charge in [0.05, 0.1) is 23.4 Å². The lowest BCUT2D eigenvalue weighted by Crippen LogP contribution is -2.38. The molecule has 0 aliphatic carbocycles. The van der Waals surface area contributed by atoms with Crippen LogP contribution in [-0.4, -0.2) is 28.8 Å². The monoisotopic (exact) mass is 347 g/mol. The summed E-state index contributed by atoms with van der Waals surface area (Å²) in [6.45, 7) is 4.74. The summed E-state index contributed by atoms with van der Waals surface area (Å²) in [5.74, 6) is 0.0860. The molecule has 0 fully saturated rings. The second kappa shape index (κ2) is 9.39. The number of hydrogen-bond acceptors (Lipinski definition) is 4. The van der Waals surface area contributed by atoms with Crippen LogP contribution in [-0.2, 0) is 13.0 Å². The molecule has 0 bridgehead atoms. The minimum absolute atomic E-state index is 0.0860. The number of aliphatic hydroxyl groups is 1. The Morgan fingerprint density at radius 1 is 1.29 bits per heavy atom. The summed E-state index contributed by atoms with van der Waals surface area (Å²) in [5, 5.41) is 18.5. The molecule has 0 aliphatic heterocycles. The van der Waals surface area contributed by atoms with Crippen LogP contribution in [0.15, 0.2) is 35.7 Å². The second-order valence-electron chi connectivity index (χ2n) is 5.84. The summed E-state index contributed by atoms with van der Waals surface area (Å²) in [5.41, 5.74) is 2.00.